The van der Waals surface area contributed by atoms with Crippen molar-refractivity contribution in [2.75, 3.05) is 36.9 Å². The average Bonchev–Trinajstić information content (AvgIpc) is 3.56. The molecule has 214 valence electrons. The minimum absolute atomic E-state index is 0.0439. The summed E-state index contributed by atoms with van der Waals surface area (Å²) in [5.74, 6) is -2.57. The normalized spacial score (nSPS) is 23.3. The van der Waals surface area contributed by atoms with E-state index in [1.807, 2.05) is 0 Å². The van der Waals surface area contributed by atoms with Crippen LogP contribution in [0.4, 0.5) is 5.13 Å². The number of rotatable bonds is 9. The maximum absolute atomic E-state index is 13.2. The van der Waals surface area contributed by atoms with Crippen molar-refractivity contribution in [1.29, 1.82) is 0 Å². The standard InChI is InChI=1S/C22H25N7O7S4/c1-22(2,19(34)35)36-27-12(10-7-39-20(23)25-10)15(30)26-13-16(31)29-14(18(32)33)11(8-38-17(13)29)40-9-5-28(6-9)21-24-3-4-37-21/h7,9,13,17H,3-6,8H2,1-2H3,(H2,23,25)(H,26,30)(H,32,33)(H,34,35)/b27-12-/t13-,17-/m1/s1. The Morgan fingerprint density at radius 3 is 2.65 bits per heavy atom. The first-order chi connectivity index (χ1) is 19.0. The van der Waals surface area contributed by atoms with Crippen molar-refractivity contribution in [3.8, 4) is 0 Å². The largest absolute Gasteiger partial charge is 0.478 e. The molecular weight excluding hydrogens is 603 g/mol. The minimum Gasteiger partial charge on any atom is -0.478 e. The van der Waals surface area contributed by atoms with E-state index < -0.39 is 40.8 Å². The van der Waals surface area contributed by atoms with E-state index in [0.29, 0.717) is 10.7 Å². The second-order valence-electron chi connectivity index (χ2n) is 9.51. The first-order valence-electron chi connectivity index (χ1n) is 12.0. The Balaban J connectivity index is 1.28. The molecule has 0 saturated carbocycles. The molecule has 0 unspecified atom stereocenters. The Morgan fingerprint density at radius 2 is 2.05 bits per heavy atom. The van der Waals surface area contributed by atoms with E-state index in [1.165, 1.54) is 47.7 Å². The van der Waals surface area contributed by atoms with Gasteiger partial charge in [0.25, 0.3) is 11.8 Å². The van der Waals surface area contributed by atoms with Crippen LogP contribution in [0.5, 0.6) is 0 Å². The zero-order valence-electron chi connectivity index (χ0n) is 21.2. The maximum atomic E-state index is 13.2. The number of nitrogen functional groups attached to an aromatic ring is 1. The van der Waals surface area contributed by atoms with Gasteiger partial charge in [-0.15, -0.1) is 34.9 Å². The van der Waals surface area contributed by atoms with Gasteiger partial charge in [0.1, 0.15) is 22.8 Å². The summed E-state index contributed by atoms with van der Waals surface area (Å²) < 4.78 is 0. The number of carboxylic acids is 2. The van der Waals surface area contributed by atoms with E-state index in [2.05, 4.69) is 25.3 Å². The van der Waals surface area contributed by atoms with E-state index >= 15 is 0 Å². The smallest absolute Gasteiger partial charge is 0.353 e. The summed E-state index contributed by atoms with van der Waals surface area (Å²) in [5.41, 5.74) is 3.56. The van der Waals surface area contributed by atoms with Crippen LogP contribution in [0.2, 0.25) is 0 Å². The molecule has 5 N–H and O–H groups in total. The van der Waals surface area contributed by atoms with Crippen molar-refractivity contribution in [3.05, 3.63) is 21.7 Å². The second-order valence-corrected chi connectivity index (χ2v) is 14.0. The molecule has 0 spiro atoms. The number of hydrogen-bond acceptors (Lipinski definition) is 14. The molecule has 4 aliphatic heterocycles. The number of thiazole rings is 1. The molecule has 0 aliphatic carbocycles. The van der Waals surface area contributed by atoms with Gasteiger partial charge in [0, 0.05) is 40.1 Å². The highest BCUT2D eigenvalue weighted by Crippen LogP contribution is 2.45. The number of aliphatic carboxylic acids is 2. The summed E-state index contributed by atoms with van der Waals surface area (Å²) in [6.45, 7) is 4.85. The predicted octanol–water partition coefficient (Wildman–Crippen LogP) is 0.526. The van der Waals surface area contributed by atoms with Gasteiger partial charge in [0.2, 0.25) is 5.60 Å². The summed E-state index contributed by atoms with van der Waals surface area (Å²) in [6, 6.07) is -1.02. The van der Waals surface area contributed by atoms with Crippen LogP contribution in [-0.4, -0.2) is 113 Å². The molecule has 5 heterocycles. The van der Waals surface area contributed by atoms with Crippen molar-refractivity contribution < 1.29 is 34.2 Å². The molecule has 1 aromatic heterocycles. The summed E-state index contributed by atoms with van der Waals surface area (Å²) in [5, 5.41) is 27.8. The zero-order valence-corrected chi connectivity index (χ0v) is 24.5. The Hall–Kier alpha value is -2.96. The molecule has 0 bridgehead atoms. The third-order valence-electron chi connectivity index (χ3n) is 6.28. The summed E-state index contributed by atoms with van der Waals surface area (Å²) >= 11 is 5.58. The quantitative estimate of drug-likeness (QED) is 0.168. The van der Waals surface area contributed by atoms with Crippen molar-refractivity contribution in [3.63, 3.8) is 0 Å². The number of amides is 2. The highest BCUT2D eigenvalue weighted by molar-refractivity contribution is 8.14. The lowest BCUT2D eigenvalue weighted by Crippen LogP contribution is -2.71. The van der Waals surface area contributed by atoms with Gasteiger partial charge < -0.3 is 31.0 Å². The number of carbonyl (C=O) groups excluding carboxylic acids is 2. The van der Waals surface area contributed by atoms with E-state index in [0.717, 1.165) is 41.9 Å². The molecule has 4 aliphatic rings. The third kappa shape index (κ3) is 5.48. The Morgan fingerprint density at radius 1 is 1.30 bits per heavy atom. The van der Waals surface area contributed by atoms with Crippen LogP contribution in [-0.2, 0) is 24.0 Å². The van der Waals surface area contributed by atoms with Crippen molar-refractivity contribution in [2.45, 2.75) is 36.1 Å². The number of β-lactam (4-membered cyclic amide) rings is 1. The van der Waals surface area contributed by atoms with Crippen LogP contribution >= 0.6 is 46.6 Å². The van der Waals surface area contributed by atoms with Gasteiger partial charge in [-0.05, 0) is 13.8 Å². The van der Waals surface area contributed by atoms with E-state index in [9.17, 15) is 29.4 Å². The monoisotopic (exact) mass is 627 g/mol. The molecule has 1 aromatic rings. The number of aliphatic imine (C=N–C) groups is 1. The van der Waals surface area contributed by atoms with Gasteiger partial charge in [-0.2, -0.15) is 0 Å². The fraction of sp³-hybridized carbons (Fsp3) is 0.500. The molecule has 0 aromatic carbocycles. The summed E-state index contributed by atoms with van der Waals surface area (Å²) in [6.07, 6.45) is 0. The number of likely N-dealkylation sites (tertiary alicyclic amines) is 1. The van der Waals surface area contributed by atoms with E-state index in [1.54, 1.807) is 11.8 Å². The molecule has 0 radical (unpaired) electrons. The van der Waals surface area contributed by atoms with Crippen LogP contribution in [0.15, 0.2) is 26.1 Å². The molecule has 40 heavy (non-hydrogen) atoms. The van der Waals surface area contributed by atoms with Crippen LogP contribution < -0.4 is 11.1 Å². The van der Waals surface area contributed by atoms with Gasteiger partial charge >= 0.3 is 11.9 Å². The lowest BCUT2D eigenvalue weighted by Gasteiger charge is -2.50. The van der Waals surface area contributed by atoms with Crippen LogP contribution in [0.1, 0.15) is 19.5 Å². The lowest BCUT2D eigenvalue weighted by molar-refractivity contribution is -0.161. The molecule has 2 amide bonds. The van der Waals surface area contributed by atoms with Crippen LogP contribution in [0, 0.1) is 0 Å². The van der Waals surface area contributed by atoms with Gasteiger partial charge in [-0.1, -0.05) is 16.9 Å². The van der Waals surface area contributed by atoms with Gasteiger partial charge in [0.15, 0.2) is 16.0 Å². The molecule has 2 saturated heterocycles. The molecule has 5 rings (SSSR count). The number of aromatic nitrogens is 1. The van der Waals surface area contributed by atoms with E-state index in [-0.39, 0.29) is 27.5 Å². The summed E-state index contributed by atoms with van der Waals surface area (Å²) in [4.78, 5) is 67.6. The number of carbonyl (C=O) groups is 4. The number of amidine groups is 1. The van der Waals surface area contributed by atoms with Gasteiger partial charge in [-0.25, -0.2) is 14.6 Å². The average molecular weight is 628 g/mol. The number of thioether (sulfide) groups is 3. The van der Waals surface area contributed by atoms with Crippen LogP contribution in [0.25, 0.3) is 0 Å². The number of hydrogen-bond donors (Lipinski definition) is 4. The fourth-order valence-electron chi connectivity index (χ4n) is 4.08. The second kappa shape index (κ2) is 11.1. The highest BCUT2D eigenvalue weighted by atomic mass is 32.2. The third-order valence-corrected chi connectivity index (χ3v) is 10.7. The van der Waals surface area contributed by atoms with Crippen molar-refractivity contribution in [1.82, 2.24) is 20.1 Å². The number of anilines is 1. The molecule has 18 heteroatoms. The van der Waals surface area contributed by atoms with Gasteiger partial charge in [0.05, 0.1) is 6.54 Å². The highest BCUT2D eigenvalue weighted by Gasteiger charge is 2.55. The zero-order chi connectivity index (χ0) is 28.8. The van der Waals surface area contributed by atoms with Gasteiger partial charge in [-0.3, -0.25) is 19.5 Å². The molecule has 14 nitrogen and oxygen atoms in total. The molecular formula is C22H25N7O7S4. The van der Waals surface area contributed by atoms with Crippen molar-refractivity contribution >= 4 is 86.4 Å². The topological polar surface area (TPSA) is 200 Å². The Kier molecular flexibility index (Phi) is 7.95. The predicted molar refractivity (Wildman–Crippen MR) is 153 cm³/mol. The van der Waals surface area contributed by atoms with Crippen LogP contribution in [0.3, 0.4) is 0 Å². The Labute approximate surface area is 244 Å². The SMILES string of the molecule is CC(C)(O/N=C(\C(=O)N[C@@H]1C(=O)N2C(C(=O)O)=C(SC3CN(C4=NCCS4)C3)CS[C@H]12)c1csc(N)n1)C(=O)O. The number of oxime groups is 1. The number of carboxylic acid groups (broad SMARTS) is 2. The Bertz CT molecular complexity index is 1350. The number of nitrogens with zero attached hydrogens (tertiary/aromatic N) is 5. The molecule has 2 fully saturated rings. The van der Waals surface area contributed by atoms with E-state index in [4.69, 9.17) is 10.6 Å². The first kappa shape index (κ1) is 28.6. The molecule has 2 atom stereocenters. The van der Waals surface area contributed by atoms with Crippen molar-refractivity contribution in [2.24, 2.45) is 10.1 Å². The number of fused-ring (bicyclic) bond motifs is 1. The number of nitrogens with one attached hydrogen (secondary N) is 1. The fourth-order valence-corrected chi connectivity index (χ4v) is 8.38. The first-order valence-corrected chi connectivity index (χ1v) is 15.8. The minimum atomic E-state index is -1.74. The number of nitrogens with two attached hydrogens (primary N) is 1. The summed E-state index contributed by atoms with van der Waals surface area (Å²) in [7, 11) is 0. The lowest BCUT2D eigenvalue weighted by atomic mass is 10.0. The maximum Gasteiger partial charge on any atom is 0.353 e.